The third-order valence-corrected chi connectivity index (χ3v) is 4.65. The second-order valence-corrected chi connectivity index (χ2v) is 6.27. The molecule has 0 saturated heterocycles. The first-order valence-electron chi connectivity index (χ1n) is 6.54. The Hall–Kier alpha value is -2.06. The zero-order chi connectivity index (χ0) is 15.5. The van der Waals surface area contributed by atoms with Gasteiger partial charge in [0.25, 0.3) is 0 Å². The number of nitrogens with two attached hydrogens (primary N) is 1. The first-order chi connectivity index (χ1) is 9.95. The van der Waals surface area contributed by atoms with Gasteiger partial charge in [-0.3, -0.25) is 4.68 Å². The largest absolute Gasteiger partial charge is 0.384 e. The van der Waals surface area contributed by atoms with Crippen LogP contribution in [-0.2, 0) is 23.6 Å². The van der Waals surface area contributed by atoms with E-state index < -0.39 is 10.0 Å². The summed E-state index contributed by atoms with van der Waals surface area (Å²) in [5.74, 6) is 0.550. The molecule has 0 saturated carbocycles. The summed E-state index contributed by atoms with van der Waals surface area (Å²) >= 11 is 0. The molecular formula is C13H19N5O2S. The number of anilines is 2. The van der Waals surface area contributed by atoms with E-state index in [0.29, 0.717) is 24.6 Å². The number of nitrogens with zero attached hydrogens (tertiary/aromatic N) is 2. The Morgan fingerprint density at radius 3 is 2.67 bits per heavy atom. The normalized spacial score (nSPS) is 11.5. The number of aromatic nitrogens is 2. The average Bonchev–Trinajstić information content (AvgIpc) is 2.77. The maximum Gasteiger partial charge on any atom is 0.242 e. The van der Waals surface area contributed by atoms with Crippen LogP contribution in [0.25, 0.3) is 0 Å². The molecule has 0 unspecified atom stereocenters. The molecule has 0 amide bonds. The van der Waals surface area contributed by atoms with Crippen molar-refractivity contribution in [2.45, 2.75) is 18.4 Å². The van der Waals surface area contributed by atoms with Crippen molar-refractivity contribution < 1.29 is 8.42 Å². The summed E-state index contributed by atoms with van der Waals surface area (Å²) in [4.78, 5) is 0.217. The van der Waals surface area contributed by atoms with Crippen LogP contribution in [-0.4, -0.2) is 24.7 Å². The number of nitrogens with one attached hydrogen (secondary N) is 2. The van der Waals surface area contributed by atoms with Crippen molar-refractivity contribution in [3.05, 3.63) is 36.0 Å². The summed E-state index contributed by atoms with van der Waals surface area (Å²) in [7, 11) is -1.76. The maximum absolute atomic E-state index is 12.1. The monoisotopic (exact) mass is 309 g/mol. The molecule has 21 heavy (non-hydrogen) atoms. The molecule has 2 rings (SSSR count). The summed E-state index contributed by atoms with van der Waals surface area (Å²) < 4.78 is 28.3. The van der Waals surface area contributed by atoms with Crippen molar-refractivity contribution >= 4 is 21.5 Å². The fourth-order valence-corrected chi connectivity index (χ4v) is 3.16. The van der Waals surface area contributed by atoms with E-state index in [4.69, 9.17) is 5.73 Å². The number of benzene rings is 1. The van der Waals surface area contributed by atoms with E-state index in [2.05, 4.69) is 15.1 Å². The topological polar surface area (TPSA) is 102 Å². The van der Waals surface area contributed by atoms with E-state index in [9.17, 15) is 8.42 Å². The van der Waals surface area contributed by atoms with E-state index in [1.165, 1.54) is 0 Å². The van der Waals surface area contributed by atoms with Crippen molar-refractivity contribution in [3.63, 3.8) is 0 Å². The number of para-hydroxylation sites is 1. The van der Waals surface area contributed by atoms with Crippen molar-refractivity contribution in [1.29, 1.82) is 0 Å². The summed E-state index contributed by atoms with van der Waals surface area (Å²) in [6, 6.07) is 6.75. The third kappa shape index (κ3) is 3.34. The molecule has 0 fully saturated rings. The van der Waals surface area contributed by atoms with Crippen LogP contribution in [0.2, 0.25) is 0 Å². The number of hydrogen-bond acceptors (Lipinski definition) is 5. The standard InChI is InChI=1S/C13H19N5O2S/c1-3-17-21(19,20)12-7-5-4-6-11(12)15-8-10-9-16-18(2)13(10)14/h4-7,9,15,17H,3,8,14H2,1-2H3. The molecule has 0 spiro atoms. The first kappa shape index (κ1) is 15.3. The molecule has 0 radical (unpaired) electrons. The number of hydrogen-bond donors (Lipinski definition) is 3. The molecule has 114 valence electrons. The molecule has 0 aliphatic heterocycles. The highest BCUT2D eigenvalue weighted by molar-refractivity contribution is 7.89. The second-order valence-electron chi connectivity index (χ2n) is 4.53. The van der Waals surface area contributed by atoms with Gasteiger partial charge in [-0.1, -0.05) is 19.1 Å². The van der Waals surface area contributed by atoms with Gasteiger partial charge < -0.3 is 11.1 Å². The summed E-state index contributed by atoms with van der Waals surface area (Å²) in [6.45, 7) is 2.48. The quantitative estimate of drug-likeness (QED) is 0.736. The van der Waals surface area contributed by atoms with Crippen molar-refractivity contribution in [3.8, 4) is 0 Å². The lowest BCUT2D eigenvalue weighted by molar-refractivity contribution is 0.584. The van der Waals surface area contributed by atoms with Gasteiger partial charge in [0.2, 0.25) is 10.0 Å². The van der Waals surface area contributed by atoms with Gasteiger partial charge in [-0.05, 0) is 12.1 Å². The minimum atomic E-state index is -3.51. The minimum absolute atomic E-state index is 0.217. The maximum atomic E-state index is 12.1. The summed E-state index contributed by atoms with van der Waals surface area (Å²) in [5.41, 5.74) is 7.21. The molecule has 8 heteroatoms. The molecule has 2 aromatic rings. The Labute approximate surface area is 124 Å². The predicted octanol–water partition coefficient (Wildman–Crippen LogP) is 0.913. The highest BCUT2D eigenvalue weighted by Gasteiger charge is 2.17. The first-order valence-corrected chi connectivity index (χ1v) is 8.03. The third-order valence-electron chi connectivity index (χ3n) is 3.04. The molecule has 1 aromatic heterocycles. The van der Waals surface area contributed by atoms with E-state index >= 15 is 0 Å². The number of rotatable bonds is 6. The highest BCUT2D eigenvalue weighted by Crippen LogP contribution is 2.22. The second kappa shape index (κ2) is 6.15. The zero-order valence-corrected chi connectivity index (χ0v) is 12.8. The van der Waals surface area contributed by atoms with Gasteiger partial charge in [-0.2, -0.15) is 5.10 Å². The summed E-state index contributed by atoms with van der Waals surface area (Å²) in [6.07, 6.45) is 1.66. The molecule has 1 heterocycles. The Morgan fingerprint density at radius 1 is 1.33 bits per heavy atom. The van der Waals surface area contributed by atoms with Gasteiger partial charge in [0.05, 0.1) is 11.9 Å². The van der Waals surface area contributed by atoms with Crippen LogP contribution in [0.3, 0.4) is 0 Å². The average molecular weight is 309 g/mol. The van der Waals surface area contributed by atoms with Crippen LogP contribution in [0.15, 0.2) is 35.4 Å². The van der Waals surface area contributed by atoms with Crippen LogP contribution in [0, 0.1) is 0 Å². The van der Waals surface area contributed by atoms with Gasteiger partial charge >= 0.3 is 0 Å². The van der Waals surface area contributed by atoms with Gasteiger partial charge in [-0.15, -0.1) is 0 Å². The Kier molecular flexibility index (Phi) is 4.49. The number of nitrogen functional groups attached to an aromatic ring is 1. The highest BCUT2D eigenvalue weighted by atomic mass is 32.2. The van der Waals surface area contributed by atoms with Crippen LogP contribution < -0.4 is 15.8 Å². The minimum Gasteiger partial charge on any atom is -0.384 e. The lowest BCUT2D eigenvalue weighted by Crippen LogP contribution is -2.24. The lowest BCUT2D eigenvalue weighted by atomic mass is 10.3. The lowest BCUT2D eigenvalue weighted by Gasteiger charge is -2.12. The fourth-order valence-electron chi connectivity index (χ4n) is 1.93. The molecule has 0 atom stereocenters. The van der Waals surface area contributed by atoms with Gasteiger partial charge in [0.15, 0.2) is 0 Å². The van der Waals surface area contributed by atoms with Gasteiger partial charge in [0.1, 0.15) is 10.7 Å². The molecule has 4 N–H and O–H groups in total. The van der Waals surface area contributed by atoms with Crippen LogP contribution in [0.1, 0.15) is 12.5 Å². The van der Waals surface area contributed by atoms with E-state index in [-0.39, 0.29) is 4.90 Å². The van der Waals surface area contributed by atoms with E-state index in [1.807, 2.05) is 0 Å². The van der Waals surface area contributed by atoms with Crippen LogP contribution in [0.4, 0.5) is 11.5 Å². The van der Waals surface area contributed by atoms with E-state index in [1.54, 1.807) is 49.1 Å². The smallest absolute Gasteiger partial charge is 0.242 e. The Bertz CT molecular complexity index is 724. The van der Waals surface area contributed by atoms with Crippen LogP contribution >= 0.6 is 0 Å². The number of sulfonamides is 1. The Morgan fingerprint density at radius 2 is 2.05 bits per heavy atom. The van der Waals surface area contributed by atoms with Gasteiger partial charge in [0, 0.05) is 25.7 Å². The summed E-state index contributed by atoms with van der Waals surface area (Å²) in [5, 5.41) is 7.15. The molecule has 1 aromatic carbocycles. The van der Waals surface area contributed by atoms with Gasteiger partial charge in [-0.25, -0.2) is 13.1 Å². The zero-order valence-electron chi connectivity index (χ0n) is 12.0. The van der Waals surface area contributed by atoms with Crippen LogP contribution in [0.5, 0.6) is 0 Å². The predicted molar refractivity (Wildman–Crippen MR) is 82.3 cm³/mol. The molecule has 7 nitrogen and oxygen atoms in total. The SMILES string of the molecule is CCNS(=O)(=O)c1ccccc1NCc1cnn(C)c1N. The van der Waals surface area contributed by atoms with Crippen molar-refractivity contribution in [1.82, 2.24) is 14.5 Å². The molecular weight excluding hydrogens is 290 g/mol. The molecule has 0 aliphatic carbocycles. The molecule has 0 bridgehead atoms. The number of aryl methyl sites for hydroxylation is 1. The molecule has 0 aliphatic rings. The Balaban J connectivity index is 2.23. The van der Waals surface area contributed by atoms with E-state index in [0.717, 1.165) is 5.56 Å². The van der Waals surface area contributed by atoms with Crippen molar-refractivity contribution in [2.75, 3.05) is 17.6 Å². The fraction of sp³-hybridized carbons (Fsp3) is 0.308. The van der Waals surface area contributed by atoms with Crippen molar-refractivity contribution in [2.24, 2.45) is 7.05 Å².